The molecule has 1 aliphatic rings. The predicted octanol–water partition coefficient (Wildman–Crippen LogP) is 3.60. The topological polar surface area (TPSA) is 87.8 Å². The summed E-state index contributed by atoms with van der Waals surface area (Å²) in [5, 5.41) is 14.9. The van der Waals surface area contributed by atoms with Crippen LogP contribution in [0, 0.1) is 10.1 Å². The number of amides is 1. The van der Waals surface area contributed by atoms with Gasteiger partial charge in [0.15, 0.2) is 0 Å². The van der Waals surface area contributed by atoms with Crippen molar-refractivity contribution in [3.63, 3.8) is 0 Å². The van der Waals surface area contributed by atoms with Crippen LogP contribution in [0.25, 0.3) is 0 Å². The fourth-order valence-electron chi connectivity index (χ4n) is 3.07. The number of nitrogens with zero attached hydrogens (tertiary/aromatic N) is 3. The van der Waals surface area contributed by atoms with E-state index in [-0.39, 0.29) is 11.6 Å². The third-order valence-corrected chi connectivity index (χ3v) is 5.67. The molecule has 0 atom stereocenters. The van der Waals surface area contributed by atoms with E-state index in [0.717, 1.165) is 43.8 Å². The second-order valence-electron chi connectivity index (χ2n) is 6.89. The van der Waals surface area contributed by atoms with Gasteiger partial charge in [0, 0.05) is 56.1 Å². The number of nitro groups is 1. The Kier molecular flexibility index (Phi) is 7.77. The van der Waals surface area contributed by atoms with E-state index < -0.39 is 4.92 Å². The Morgan fingerprint density at radius 2 is 1.76 bits per heavy atom. The number of piperidine rings is 1. The zero-order chi connectivity index (χ0) is 20.5. The fraction of sp³-hybridized carbons (Fsp3) is 0.333. The number of hydrogen-bond acceptors (Lipinski definition) is 6. The first-order chi connectivity index (χ1) is 14.1. The Morgan fingerprint density at radius 3 is 2.41 bits per heavy atom. The molecule has 0 spiro atoms. The van der Waals surface area contributed by atoms with Crippen molar-refractivity contribution in [1.29, 1.82) is 0 Å². The third-order valence-electron chi connectivity index (χ3n) is 4.67. The van der Waals surface area contributed by atoms with Gasteiger partial charge >= 0.3 is 0 Å². The monoisotopic (exact) mass is 412 g/mol. The number of carbonyl (C=O) groups is 1. The van der Waals surface area contributed by atoms with E-state index in [1.165, 1.54) is 29.5 Å². The Hall–Kier alpha value is -2.71. The zero-order valence-electron chi connectivity index (χ0n) is 16.1. The van der Waals surface area contributed by atoms with Crippen LogP contribution in [0.15, 0.2) is 59.7 Å². The van der Waals surface area contributed by atoms with E-state index in [2.05, 4.69) is 39.7 Å². The van der Waals surface area contributed by atoms with Crippen LogP contribution in [0.4, 0.5) is 5.69 Å². The number of likely N-dealkylation sites (tertiary alicyclic amines) is 1. The van der Waals surface area contributed by atoms with Gasteiger partial charge in [-0.3, -0.25) is 19.8 Å². The van der Waals surface area contributed by atoms with Crippen LogP contribution >= 0.6 is 11.8 Å². The van der Waals surface area contributed by atoms with Crippen molar-refractivity contribution in [1.82, 2.24) is 10.3 Å². The van der Waals surface area contributed by atoms with Gasteiger partial charge in [0.2, 0.25) is 5.91 Å². The molecule has 0 aliphatic carbocycles. The molecule has 7 nitrogen and oxygen atoms in total. The maximum Gasteiger partial charge on any atom is 0.269 e. The van der Waals surface area contributed by atoms with Crippen molar-refractivity contribution in [2.75, 3.05) is 18.8 Å². The number of rotatable bonds is 8. The molecule has 1 fully saturated rings. The molecule has 1 aliphatic heterocycles. The highest BCUT2D eigenvalue weighted by molar-refractivity contribution is 7.99. The van der Waals surface area contributed by atoms with Crippen LogP contribution in [0.2, 0.25) is 0 Å². The van der Waals surface area contributed by atoms with Crippen molar-refractivity contribution >= 4 is 29.1 Å². The molecule has 0 aromatic heterocycles. The average Bonchev–Trinajstić information content (AvgIpc) is 2.74. The van der Waals surface area contributed by atoms with Crippen LogP contribution in [0.5, 0.6) is 0 Å². The molecule has 8 heteroatoms. The SMILES string of the molecule is O=C(CSCc1ccc([N+](=O)[O-])cc1)NN=C1CCN(Cc2ccccc2)CC1. The molecule has 29 heavy (non-hydrogen) atoms. The van der Waals surface area contributed by atoms with E-state index in [0.29, 0.717) is 11.5 Å². The molecule has 3 rings (SSSR count). The molecule has 152 valence electrons. The summed E-state index contributed by atoms with van der Waals surface area (Å²) in [6.45, 7) is 2.83. The van der Waals surface area contributed by atoms with Crippen molar-refractivity contribution in [3.8, 4) is 0 Å². The minimum atomic E-state index is -0.421. The number of non-ortho nitro benzene ring substituents is 1. The highest BCUT2D eigenvalue weighted by Crippen LogP contribution is 2.17. The molecular weight excluding hydrogens is 388 g/mol. The summed E-state index contributed by atoms with van der Waals surface area (Å²) in [4.78, 5) is 24.6. The largest absolute Gasteiger partial charge is 0.298 e. The van der Waals surface area contributed by atoms with Gasteiger partial charge in [0.1, 0.15) is 0 Å². The fourth-order valence-corrected chi connectivity index (χ4v) is 3.85. The Balaban J connectivity index is 1.34. The van der Waals surface area contributed by atoms with Crippen LogP contribution in [-0.2, 0) is 17.1 Å². The first-order valence-electron chi connectivity index (χ1n) is 9.52. The van der Waals surface area contributed by atoms with Gasteiger partial charge in [0.05, 0.1) is 10.7 Å². The molecule has 1 saturated heterocycles. The number of carbonyl (C=O) groups excluding carboxylic acids is 1. The number of benzene rings is 2. The number of hydrogen-bond donors (Lipinski definition) is 1. The predicted molar refractivity (Wildman–Crippen MR) is 116 cm³/mol. The minimum Gasteiger partial charge on any atom is -0.298 e. The summed E-state index contributed by atoms with van der Waals surface area (Å²) in [5.41, 5.74) is 6.01. The molecule has 0 unspecified atom stereocenters. The van der Waals surface area contributed by atoms with Crippen LogP contribution in [-0.4, -0.2) is 40.3 Å². The summed E-state index contributed by atoms with van der Waals surface area (Å²) in [6, 6.07) is 16.8. The van der Waals surface area contributed by atoms with E-state index in [1.807, 2.05) is 6.07 Å². The minimum absolute atomic E-state index is 0.0714. The molecule has 1 amide bonds. The number of thioether (sulfide) groups is 1. The van der Waals surface area contributed by atoms with Gasteiger partial charge in [-0.2, -0.15) is 5.10 Å². The average molecular weight is 413 g/mol. The summed E-state index contributed by atoms with van der Waals surface area (Å²) in [6.07, 6.45) is 1.73. The van der Waals surface area contributed by atoms with Crippen LogP contribution in [0.3, 0.4) is 0 Å². The van der Waals surface area contributed by atoms with E-state index in [1.54, 1.807) is 12.1 Å². The van der Waals surface area contributed by atoms with Gasteiger partial charge in [0.25, 0.3) is 5.69 Å². The number of nitro benzene ring substituents is 1. The molecule has 1 N–H and O–H groups in total. The normalized spacial score (nSPS) is 14.4. The lowest BCUT2D eigenvalue weighted by Gasteiger charge is -2.27. The van der Waals surface area contributed by atoms with Gasteiger partial charge in [-0.1, -0.05) is 42.5 Å². The van der Waals surface area contributed by atoms with Crippen molar-refractivity contribution in [3.05, 3.63) is 75.8 Å². The molecule has 0 bridgehead atoms. The lowest BCUT2D eigenvalue weighted by Crippen LogP contribution is -2.34. The molecule has 2 aromatic carbocycles. The Morgan fingerprint density at radius 1 is 1.07 bits per heavy atom. The Bertz CT molecular complexity index is 846. The highest BCUT2D eigenvalue weighted by Gasteiger charge is 2.15. The summed E-state index contributed by atoms with van der Waals surface area (Å²) >= 11 is 1.46. The summed E-state index contributed by atoms with van der Waals surface area (Å²) in [5.74, 6) is 0.792. The number of hydrazone groups is 1. The van der Waals surface area contributed by atoms with Crippen molar-refractivity contribution < 1.29 is 9.72 Å². The summed E-state index contributed by atoms with van der Waals surface area (Å²) < 4.78 is 0. The third kappa shape index (κ3) is 6.99. The smallest absolute Gasteiger partial charge is 0.269 e. The van der Waals surface area contributed by atoms with Gasteiger partial charge in [-0.05, 0) is 11.1 Å². The lowest BCUT2D eigenvalue weighted by molar-refractivity contribution is -0.384. The number of nitrogens with one attached hydrogen (secondary N) is 1. The molecule has 0 saturated carbocycles. The highest BCUT2D eigenvalue weighted by atomic mass is 32.2. The maximum absolute atomic E-state index is 12.0. The van der Waals surface area contributed by atoms with Gasteiger partial charge in [-0.15, -0.1) is 11.8 Å². The Labute approximate surface area is 174 Å². The van der Waals surface area contributed by atoms with Crippen molar-refractivity contribution in [2.24, 2.45) is 5.10 Å². The van der Waals surface area contributed by atoms with E-state index in [4.69, 9.17) is 0 Å². The van der Waals surface area contributed by atoms with Crippen molar-refractivity contribution in [2.45, 2.75) is 25.1 Å². The maximum atomic E-state index is 12.0. The quantitative estimate of drug-likeness (QED) is 0.529. The first-order valence-corrected chi connectivity index (χ1v) is 10.7. The molecular formula is C21H24N4O3S. The summed E-state index contributed by atoms with van der Waals surface area (Å²) in [7, 11) is 0. The van der Waals surface area contributed by atoms with Gasteiger partial charge in [-0.25, -0.2) is 5.43 Å². The molecule has 1 heterocycles. The van der Waals surface area contributed by atoms with E-state index >= 15 is 0 Å². The van der Waals surface area contributed by atoms with Crippen LogP contribution < -0.4 is 5.43 Å². The molecule has 2 aromatic rings. The lowest BCUT2D eigenvalue weighted by atomic mass is 10.1. The standard InChI is InChI=1S/C21H24N4O3S/c26-21(16-29-15-18-6-8-20(9-7-18)25(27)28)23-22-19-10-12-24(13-11-19)14-17-4-2-1-3-5-17/h1-9H,10-16H2,(H,23,26). The first kappa shape index (κ1) is 21.0. The van der Waals surface area contributed by atoms with Gasteiger partial charge < -0.3 is 0 Å². The molecule has 0 radical (unpaired) electrons. The second-order valence-corrected chi connectivity index (χ2v) is 7.88. The van der Waals surface area contributed by atoms with E-state index in [9.17, 15) is 14.9 Å². The zero-order valence-corrected chi connectivity index (χ0v) is 16.9. The second kappa shape index (κ2) is 10.7. The van der Waals surface area contributed by atoms with Crippen LogP contribution in [0.1, 0.15) is 24.0 Å².